The highest BCUT2D eigenvalue weighted by Crippen LogP contribution is 2.33. The smallest absolute Gasteiger partial charge is 0.126 e. The van der Waals surface area contributed by atoms with E-state index in [2.05, 4.69) is 18.3 Å². The molecule has 2 aromatic rings. The van der Waals surface area contributed by atoms with Gasteiger partial charge in [0.15, 0.2) is 0 Å². The summed E-state index contributed by atoms with van der Waals surface area (Å²) >= 11 is 6.21. The normalized spacial score (nSPS) is 18.5. The Balaban J connectivity index is 1.69. The molecule has 0 amide bonds. The Morgan fingerprint density at radius 1 is 1.24 bits per heavy atom. The van der Waals surface area contributed by atoms with E-state index in [1.165, 1.54) is 0 Å². The van der Waals surface area contributed by atoms with Gasteiger partial charge in [-0.15, -0.1) is 0 Å². The highest BCUT2D eigenvalue weighted by Gasteiger charge is 2.25. The Hall–Kier alpha value is -1.38. The molecule has 1 aliphatic rings. The molecule has 0 heterocycles. The van der Waals surface area contributed by atoms with E-state index in [9.17, 15) is 4.39 Å². The second-order valence-electron chi connectivity index (χ2n) is 5.76. The number of fused-ring (bicyclic) bond motifs is 1. The standard InChI is InChI=1S/C18H19ClFN/c1-12(11-13-5-2-3-7-16(13)19)21-18-10-9-14-15(18)6-4-8-17(14)20/h2-8,12,18,21H,9-11H2,1H3. The predicted molar refractivity (Wildman–Crippen MR) is 85.2 cm³/mol. The van der Waals surface area contributed by atoms with Crippen molar-refractivity contribution in [1.29, 1.82) is 0 Å². The van der Waals surface area contributed by atoms with Crippen LogP contribution in [0.4, 0.5) is 4.39 Å². The van der Waals surface area contributed by atoms with E-state index in [1.807, 2.05) is 24.3 Å². The maximum absolute atomic E-state index is 13.8. The van der Waals surface area contributed by atoms with Gasteiger partial charge in [-0.3, -0.25) is 0 Å². The van der Waals surface area contributed by atoms with Crippen molar-refractivity contribution in [2.45, 2.75) is 38.3 Å². The first-order valence-corrected chi connectivity index (χ1v) is 7.79. The van der Waals surface area contributed by atoms with E-state index in [-0.39, 0.29) is 11.9 Å². The molecule has 2 unspecified atom stereocenters. The summed E-state index contributed by atoms with van der Waals surface area (Å²) in [6, 6.07) is 13.9. The Labute approximate surface area is 130 Å². The van der Waals surface area contributed by atoms with Gasteiger partial charge in [0.1, 0.15) is 5.82 Å². The molecule has 0 aliphatic heterocycles. The van der Waals surface area contributed by atoms with Gasteiger partial charge in [-0.2, -0.15) is 0 Å². The lowest BCUT2D eigenvalue weighted by molar-refractivity contribution is 0.451. The topological polar surface area (TPSA) is 12.0 Å². The summed E-state index contributed by atoms with van der Waals surface area (Å²) in [5.41, 5.74) is 3.14. The van der Waals surface area contributed by atoms with E-state index in [4.69, 9.17) is 11.6 Å². The number of rotatable bonds is 4. The lowest BCUT2D eigenvalue weighted by Crippen LogP contribution is -2.31. The molecule has 0 fully saturated rings. The minimum absolute atomic E-state index is 0.0736. The van der Waals surface area contributed by atoms with Crippen LogP contribution in [0.3, 0.4) is 0 Å². The third-order valence-electron chi connectivity index (χ3n) is 4.18. The summed E-state index contributed by atoms with van der Waals surface area (Å²) in [6.45, 7) is 2.15. The Morgan fingerprint density at radius 3 is 2.86 bits per heavy atom. The van der Waals surface area contributed by atoms with Crippen molar-refractivity contribution in [3.05, 3.63) is 70.0 Å². The van der Waals surface area contributed by atoms with Gasteiger partial charge in [-0.25, -0.2) is 4.39 Å². The van der Waals surface area contributed by atoms with Crippen LogP contribution in [0, 0.1) is 5.82 Å². The molecule has 0 spiro atoms. The molecule has 2 atom stereocenters. The number of halogens is 2. The van der Waals surface area contributed by atoms with E-state index in [0.29, 0.717) is 6.04 Å². The Morgan fingerprint density at radius 2 is 2.05 bits per heavy atom. The van der Waals surface area contributed by atoms with E-state index >= 15 is 0 Å². The van der Waals surface area contributed by atoms with E-state index in [0.717, 1.165) is 41.0 Å². The fraction of sp³-hybridized carbons (Fsp3) is 0.333. The van der Waals surface area contributed by atoms with Crippen LogP contribution in [0.25, 0.3) is 0 Å². The molecule has 0 radical (unpaired) electrons. The van der Waals surface area contributed by atoms with Crippen LogP contribution in [0.1, 0.15) is 36.1 Å². The summed E-state index contributed by atoms with van der Waals surface area (Å²) < 4.78 is 13.8. The summed E-state index contributed by atoms with van der Waals surface area (Å²) in [7, 11) is 0. The van der Waals surface area contributed by atoms with Crippen molar-refractivity contribution in [3.8, 4) is 0 Å². The molecule has 1 nitrogen and oxygen atoms in total. The van der Waals surface area contributed by atoms with Gasteiger partial charge in [-0.1, -0.05) is 41.9 Å². The summed E-state index contributed by atoms with van der Waals surface area (Å²) in [4.78, 5) is 0. The first-order chi connectivity index (χ1) is 10.1. The molecule has 0 bridgehead atoms. The molecule has 0 saturated carbocycles. The summed E-state index contributed by atoms with van der Waals surface area (Å²) in [5.74, 6) is -0.0736. The minimum Gasteiger partial charge on any atom is -0.307 e. The first kappa shape index (κ1) is 14.6. The molecule has 1 N–H and O–H groups in total. The number of hydrogen-bond donors (Lipinski definition) is 1. The molecule has 0 aromatic heterocycles. The van der Waals surface area contributed by atoms with Crippen LogP contribution in [0.5, 0.6) is 0 Å². The van der Waals surface area contributed by atoms with Crippen LogP contribution in [-0.2, 0) is 12.8 Å². The lowest BCUT2D eigenvalue weighted by atomic mass is 10.0. The molecule has 110 valence electrons. The van der Waals surface area contributed by atoms with Gasteiger partial charge < -0.3 is 5.32 Å². The second kappa shape index (κ2) is 6.17. The number of benzene rings is 2. The monoisotopic (exact) mass is 303 g/mol. The fourth-order valence-electron chi connectivity index (χ4n) is 3.18. The van der Waals surface area contributed by atoms with Crippen LogP contribution in [-0.4, -0.2) is 6.04 Å². The molecular formula is C18H19ClFN. The molecular weight excluding hydrogens is 285 g/mol. The van der Waals surface area contributed by atoms with Crippen molar-refractivity contribution in [2.75, 3.05) is 0 Å². The third kappa shape index (κ3) is 3.12. The number of nitrogens with one attached hydrogen (secondary N) is 1. The van der Waals surface area contributed by atoms with E-state index < -0.39 is 0 Å². The van der Waals surface area contributed by atoms with Crippen LogP contribution >= 0.6 is 11.6 Å². The molecule has 21 heavy (non-hydrogen) atoms. The zero-order valence-corrected chi connectivity index (χ0v) is 12.8. The minimum atomic E-state index is -0.0736. The Kier molecular flexibility index (Phi) is 4.27. The highest BCUT2D eigenvalue weighted by atomic mass is 35.5. The summed E-state index contributed by atoms with van der Waals surface area (Å²) in [6.07, 6.45) is 2.66. The largest absolute Gasteiger partial charge is 0.307 e. The molecule has 3 rings (SSSR count). The van der Waals surface area contributed by atoms with Crippen LogP contribution in [0.2, 0.25) is 5.02 Å². The van der Waals surface area contributed by atoms with Gasteiger partial charge >= 0.3 is 0 Å². The predicted octanol–water partition coefficient (Wildman–Crippen LogP) is 4.69. The molecule has 2 aromatic carbocycles. The molecule has 1 aliphatic carbocycles. The quantitative estimate of drug-likeness (QED) is 0.864. The van der Waals surface area contributed by atoms with Gasteiger partial charge in [0.25, 0.3) is 0 Å². The van der Waals surface area contributed by atoms with Gasteiger partial charge in [0.2, 0.25) is 0 Å². The SMILES string of the molecule is CC(Cc1ccccc1Cl)NC1CCc2c(F)cccc21. The maximum atomic E-state index is 13.8. The summed E-state index contributed by atoms with van der Waals surface area (Å²) in [5, 5.41) is 4.42. The van der Waals surface area contributed by atoms with Gasteiger partial charge in [-0.05, 0) is 55.0 Å². The zero-order chi connectivity index (χ0) is 14.8. The average molecular weight is 304 g/mol. The van der Waals surface area contributed by atoms with Crippen molar-refractivity contribution >= 4 is 11.6 Å². The van der Waals surface area contributed by atoms with Crippen LogP contribution < -0.4 is 5.32 Å². The zero-order valence-electron chi connectivity index (χ0n) is 12.1. The average Bonchev–Trinajstić information content (AvgIpc) is 2.86. The fourth-order valence-corrected chi connectivity index (χ4v) is 3.39. The second-order valence-corrected chi connectivity index (χ2v) is 6.17. The van der Waals surface area contributed by atoms with Crippen molar-refractivity contribution < 1.29 is 4.39 Å². The third-order valence-corrected chi connectivity index (χ3v) is 4.55. The number of hydrogen-bond acceptors (Lipinski definition) is 1. The lowest BCUT2D eigenvalue weighted by Gasteiger charge is -2.21. The van der Waals surface area contributed by atoms with Gasteiger partial charge in [0.05, 0.1) is 0 Å². The first-order valence-electron chi connectivity index (χ1n) is 7.42. The van der Waals surface area contributed by atoms with E-state index in [1.54, 1.807) is 12.1 Å². The van der Waals surface area contributed by atoms with Crippen molar-refractivity contribution in [1.82, 2.24) is 5.32 Å². The van der Waals surface area contributed by atoms with Crippen LogP contribution in [0.15, 0.2) is 42.5 Å². The van der Waals surface area contributed by atoms with Gasteiger partial charge in [0, 0.05) is 17.1 Å². The Bertz CT molecular complexity index is 641. The highest BCUT2D eigenvalue weighted by molar-refractivity contribution is 6.31. The van der Waals surface area contributed by atoms with Crippen molar-refractivity contribution in [2.24, 2.45) is 0 Å². The molecule has 0 saturated heterocycles. The molecule has 3 heteroatoms. The van der Waals surface area contributed by atoms with Crippen molar-refractivity contribution in [3.63, 3.8) is 0 Å². The maximum Gasteiger partial charge on any atom is 0.126 e.